The Hall–Kier alpha value is -2.39. The summed E-state index contributed by atoms with van der Waals surface area (Å²) in [5.41, 5.74) is -0.108. The van der Waals surface area contributed by atoms with Crippen molar-refractivity contribution in [3.8, 4) is 0 Å². The van der Waals surface area contributed by atoms with Gasteiger partial charge in [-0.2, -0.15) is 18.3 Å². The molecule has 1 saturated heterocycles. The van der Waals surface area contributed by atoms with Crippen LogP contribution in [0.4, 0.5) is 18.9 Å². The van der Waals surface area contributed by atoms with Crippen LogP contribution in [0.3, 0.4) is 0 Å². The van der Waals surface area contributed by atoms with Gasteiger partial charge in [-0.25, -0.2) is 0 Å². The zero-order valence-electron chi connectivity index (χ0n) is 13.4. The van der Waals surface area contributed by atoms with Crippen LogP contribution in [0.5, 0.6) is 0 Å². The number of carbonyl (C=O) groups excluding carboxylic acids is 1. The summed E-state index contributed by atoms with van der Waals surface area (Å²) in [7, 11) is 0. The molecule has 3 N–H and O–H groups in total. The Kier molecular flexibility index (Phi) is 4.78. The highest BCUT2D eigenvalue weighted by molar-refractivity contribution is 6.03. The Morgan fingerprint density at radius 1 is 1.32 bits per heavy atom. The molecule has 134 valence electrons. The number of carbonyl (C=O) groups is 1. The minimum atomic E-state index is -4.58. The Morgan fingerprint density at radius 2 is 2.04 bits per heavy atom. The number of aromatic amines is 1. The molecule has 1 aromatic carbocycles. The van der Waals surface area contributed by atoms with Gasteiger partial charge in [-0.1, -0.05) is 12.1 Å². The van der Waals surface area contributed by atoms with E-state index >= 15 is 0 Å². The van der Waals surface area contributed by atoms with Crippen LogP contribution >= 0.6 is 0 Å². The summed E-state index contributed by atoms with van der Waals surface area (Å²) in [6.07, 6.45) is -4.63. The lowest BCUT2D eigenvalue weighted by molar-refractivity contribution is -0.141. The second-order valence-electron chi connectivity index (χ2n) is 5.71. The molecule has 1 unspecified atom stereocenters. The largest absolute Gasteiger partial charge is 0.433 e. The quantitative estimate of drug-likeness (QED) is 0.792. The number of alkyl halides is 3. The fraction of sp³-hybridized carbons (Fsp3) is 0.375. The van der Waals surface area contributed by atoms with Crippen molar-refractivity contribution < 1.29 is 22.7 Å². The Bertz CT molecular complexity index is 750. The molecule has 1 aromatic heterocycles. The molecule has 2 aromatic rings. The number of nitrogens with zero attached hydrogens (tertiary/aromatic N) is 1. The third-order valence-electron chi connectivity index (χ3n) is 3.98. The number of hydrogen-bond donors (Lipinski definition) is 3. The van der Waals surface area contributed by atoms with Crippen molar-refractivity contribution >= 4 is 11.6 Å². The number of H-pyrrole nitrogens is 1. The number of amides is 1. The highest BCUT2D eigenvalue weighted by atomic mass is 19.4. The van der Waals surface area contributed by atoms with Crippen LogP contribution < -0.4 is 10.6 Å². The number of anilines is 1. The smallest absolute Gasteiger partial charge is 0.371 e. The van der Waals surface area contributed by atoms with Crippen LogP contribution in [-0.2, 0) is 10.9 Å². The van der Waals surface area contributed by atoms with Gasteiger partial charge in [0.1, 0.15) is 5.69 Å². The summed E-state index contributed by atoms with van der Waals surface area (Å²) in [4.78, 5) is 12.2. The van der Waals surface area contributed by atoms with Crippen molar-refractivity contribution in [1.29, 1.82) is 0 Å². The summed E-state index contributed by atoms with van der Waals surface area (Å²) >= 11 is 0. The predicted molar refractivity (Wildman–Crippen MR) is 84.3 cm³/mol. The molecule has 1 atom stereocenters. The maximum atomic E-state index is 12.8. The SMILES string of the molecule is Cc1c(C(=O)Nc2ccc(C3CNCCO3)cc2)n[nH]c1C(F)(F)F. The molecule has 1 aliphatic rings. The van der Waals surface area contributed by atoms with Crippen LogP contribution in [0, 0.1) is 6.92 Å². The first kappa shape index (κ1) is 17.4. The minimum absolute atomic E-state index is 0.0542. The molecule has 0 radical (unpaired) electrons. The van der Waals surface area contributed by atoms with Crippen LogP contribution in [0.15, 0.2) is 24.3 Å². The van der Waals surface area contributed by atoms with E-state index < -0.39 is 17.8 Å². The van der Waals surface area contributed by atoms with Crippen molar-refractivity contribution in [3.05, 3.63) is 46.8 Å². The fourth-order valence-electron chi connectivity index (χ4n) is 2.65. The molecular formula is C16H17F3N4O2. The zero-order valence-corrected chi connectivity index (χ0v) is 13.4. The van der Waals surface area contributed by atoms with Gasteiger partial charge < -0.3 is 15.4 Å². The standard InChI is InChI=1S/C16H17F3N4O2/c1-9-13(22-23-14(9)16(17,18)19)15(24)21-11-4-2-10(3-5-11)12-8-20-6-7-25-12/h2-5,12,20H,6-8H2,1H3,(H,21,24)(H,22,23). The van der Waals surface area contributed by atoms with Gasteiger partial charge in [-0.15, -0.1) is 0 Å². The second kappa shape index (κ2) is 6.85. The van der Waals surface area contributed by atoms with E-state index in [1.54, 1.807) is 12.1 Å². The van der Waals surface area contributed by atoms with Gasteiger partial charge >= 0.3 is 6.18 Å². The molecule has 6 nitrogen and oxygen atoms in total. The average molecular weight is 354 g/mol. The Labute approximate surface area is 141 Å². The summed E-state index contributed by atoms with van der Waals surface area (Å²) in [5.74, 6) is -0.701. The predicted octanol–water partition coefficient (Wildman–Crippen LogP) is 2.65. The molecular weight excluding hydrogens is 337 g/mol. The van der Waals surface area contributed by atoms with E-state index in [0.29, 0.717) is 18.8 Å². The number of halogens is 3. The average Bonchev–Trinajstić information content (AvgIpc) is 2.98. The molecule has 0 saturated carbocycles. The Morgan fingerprint density at radius 3 is 2.60 bits per heavy atom. The highest BCUT2D eigenvalue weighted by Gasteiger charge is 2.36. The van der Waals surface area contributed by atoms with Gasteiger partial charge in [0, 0.05) is 24.3 Å². The van der Waals surface area contributed by atoms with E-state index in [2.05, 4.69) is 15.7 Å². The topological polar surface area (TPSA) is 79.0 Å². The number of nitrogens with one attached hydrogen (secondary N) is 3. The lowest BCUT2D eigenvalue weighted by Crippen LogP contribution is -2.33. The van der Waals surface area contributed by atoms with E-state index in [1.165, 1.54) is 6.92 Å². The van der Waals surface area contributed by atoms with Gasteiger partial charge in [-0.3, -0.25) is 9.89 Å². The third kappa shape index (κ3) is 3.83. The summed E-state index contributed by atoms with van der Waals surface area (Å²) < 4.78 is 43.9. The summed E-state index contributed by atoms with van der Waals surface area (Å²) in [5, 5.41) is 11.1. The first-order valence-corrected chi connectivity index (χ1v) is 7.72. The van der Waals surface area contributed by atoms with Gasteiger partial charge in [0.15, 0.2) is 5.69 Å². The lowest BCUT2D eigenvalue weighted by atomic mass is 10.1. The summed E-state index contributed by atoms with van der Waals surface area (Å²) in [6, 6.07) is 6.98. The number of aromatic nitrogens is 2. The van der Waals surface area contributed by atoms with E-state index in [-0.39, 0.29) is 17.4 Å². The van der Waals surface area contributed by atoms with Crippen LogP contribution in [0.25, 0.3) is 0 Å². The second-order valence-corrected chi connectivity index (χ2v) is 5.71. The van der Waals surface area contributed by atoms with Gasteiger partial charge in [-0.05, 0) is 24.6 Å². The van der Waals surface area contributed by atoms with Crippen LogP contribution in [0.2, 0.25) is 0 Å². The number of ether oxygens (including phenoxy) is 1. The molecule has 0 bridgehead atoms. The van der Waals surface area contributed by atoms with Crippen molar-refractivity contribution in [2.24, 2.45) is 0 Å². The van der Waals surface area contributed by atoms with Crippen molar-refractivity contribution in [2.45, 2.75) is 19.2 Å². The normalized spacial score (nSPS) is 18.2. The molecule has 1 amide bonds. The van der Waals surface area contributed by atoms with Crippen molar-refractivity contribution in [1.82, 2.24) is 15.5 Å². The van der Waals surface area contributed by atoms with Crippen molar-refractivity contribution in [2.75, 3.05) is 25.0 Å². The monoisotopic (exact) mass is 354 g/mol. The Balaban J connectivity index is 1.70. The first-order valence-electron chi connectivity index (χ1n) is 7.72. The molecule has 3 rings (SSSR count). The van der Waals surface area contributed by atoms with Crippen molar-refractivity contribution in [3.63, 3.8) is 0 Å². The number of benzene rings is 1. The molecule has 2 heterocycles. The molecule has 1 aliphatic heterocycles. The molecule has 1 fully saturated rings. The van der Waals surface area contributed by atoms with Gasteiger partial charge in [0.2, 0.25) is 0 Å². The fourth-order valence-corrected chi connectivity index (χ4v) is 2.65. The minimum Gasteiger partial charge on any atom is -0.371 e. The lowest BCUT2D eigenvalue weighted by Gasteiger charge is -2.24. The third-order valence-corrected chi connectivity index (χ3v) is 3.98. The molecule has 0 spiro atoms. The molecule has 0 aliphatic carbocycles. The van der Waals surface area contributed by atoms with Crippen LogP contribution in [0.1, 0.15) is 33.4 Å². The van der Waals surface area contributed by atoms with Crippen LogP contribution in [-0.4, -0.2) is 35.8 Å². The molecule has 9 heteroatoms. The maximum absolute atomic E-state index is 12.8. The van der Waals surface area contributed by atoms with Gasteiger partial charge in [0.25, 0.3) is 5.91 Å². The van der Waals surface area contributed by atoms with E-state index in [4.69, 9.17) is 4.74 Å². The van der Waals surface area contributed by atoms with Gasteiger partial charge in [0.05, 0.1) is 12.7 Å². The highest BCUT2D eigenvalue weighted by Crippen LogP contribution is 2.31. The zero-order chi connectivity index (χ0) is 18.0. The first-order chi connectivity index (χ1) is 11.9. The molecule has 25 heavy (non-hydrogen) atoms. The number of morpholine rings is 1. The van der Waals surface area contributed by atoms with E-state index in [1.807, 2.05) is 17.2 Å². The number of rotatable bonds is 3. The number of hydrogen-bond acceptors (Lipinski definition) is 4. The van der Waals surface area contributed by atoms with E-state index in [9.17, 15) is 18.0 Å². The summed E-state index contributed by atoms with van der Waals surface area (Å²) in [6.45, 7) is 3.35. The van der Waals surface area contributed by atoms with E-state index in [0.717, 1.165) is 12.1 Å². The maximum Gasteiger partial charge on any atom is 0.433 e.